The predicted molar refractivity (Wildman–Crippen MR) is 103 cm³/mol. The van der Waals surface area contributed by atoms with Crippen LogP contribution in [0, 0.1) is 5.82 Å². The first kappa shape index (κ1) is 20.1. The molecule has 1 aromatic heterocycles. The van der Waals surface area contributed by atoms with Gasteiger partial charge in [0.1, 0.15) is 5.82 Å². The molecule has 0 fully saturated rings. The molecule has 1 heterocycles. The summed E-state index contributed by atoms with van der Waals surface area (Å²) in [5, 5.41) is 9.42. The van der Waals surface area contributed by atoms with Crippen LogP contribution in [0.3, 0.4) is 0 Å². The second-order valence-corrected chi connectivity index (χ2v) is 6.66. The minimum absolute atomic E-state index is 0.00303. The van der Waals surface area contributed by atoms with Crippen LogP contribution in [0.1, 0.15) is 42.7 Å². The van der Waals surface area contributed by atoms with Gasteiger partial charge in [0.2, 0.25) is 5.91 Å². The fourth-order valence-electron chi connectivity index (χ4n) is 2.83. The Kier molecular flexibility index (Phi) is 7.29. The van der Waals surface area contributed by atoms with Gasteiger partial charge in [0, 0.05) is 19.0 Å². The molecule has 1 atom stereocenters. The molecular weight excluding hydrogens is 353 g/mol. The molecule has 0 aliphatic heterocycles. The van der Waals surface area contributed by atoms with Crippen molar-refractivity contribution in [3.63, 3.8) is 0 Å². The van der Waals surface area contributed by atoms with Gasteiger partial charge in [-0.05, 0) is 53.7 Å². The van der Waals surface area contributed by atoms with E-state index in [0.717, 1.165) is 18.7 Å². The van der Waals surface area contributed by atoms with Crippen molar-refractivity contribution in [1.82, 2.24) is 10.2 Å². The van der Waals surface area contributed by atoms with E-state index in [9.17, 15) is 14.0 Å². The fourth-order valence-corrected chi connectivity index (χ4v) is 3.54. The topological polar surface area (TPSA) is 61.4 Å². The summed E-state index contributed by atoms with van der Waals surface area (Å²) in [6, 6.07) is 6.08. The van der Waals surface area contributed by atoms with Crippen molar-refractivity contribution in [1.29, 1.82) is 0 Å². The Balaban J connectivity index is 2.11. The molecule has 140 valence electrons. The summed E-state index contributed by atoms with van der Waals surface area (Å²) in [6.45, 7) is 7.66. The molecule has 2 amide bonds. The van der Waals surface area contributed by atoms with E-state index in [4.69, 9.17) is 0 Å². The maximum absolute atomic E-state index is 13.7. The highest BCUT2D eigenvalue weighted by atomic mass is 32.1. The van der Waals surface area contributed by atoms with Crippen molar-refractivity contribution < 1.29 is 14.0 Å². The van der Waals surface area contributed by atoms with Crippen LogP contribution in [0.25, 0.3) is 0 Å². The van der Waals surface area contributed by atoms with Gasteiger partial charge >= 0.3 is 0 Å². The smallest absolute Gasteiger partial charge is 0.251 e. The third-order valence-electron chi connectivity index (χ3n) is 4.18. The van der Waals surface area contributed by atoms with Crippen LogP contribution in [0.5, 0.6) is 0 Å². The fraction of sp³-hybridized carbons (Fsp3) is 0.368. The lowest BCUT2D eigenvalue weighted by Crippen LogP contribution is -2.38. The molecule has 0 saturated heterocycles. The van der Waals surface area contributed by atoms with Gasteiger partial charge in [0.15, 0.2) is 0 Å². The summed E-state index contributed by atoms with van der Waals surface area (Å²) >= 11 is 1.62. The number of thiophene rings is 1. The van der Waals surface area contributed by atoms with Crippen LogP contribution < -0.4 is 10.6 Å². The highest BCUT2D eigenvalue weighted by Crippen LogP contribution is 2.22. The van der Waals surface area contributed by atoms with Crippen molar-refractivity contribution in [2.45, 2.75) is 26.8 Å². The van der Waals surface area contributed by atoms with Crippen LogP contribution in [0.4, 0.5) is 10.1 Å². The predicted octanol–water partition coefficient (Wildman–Crippen LogP) is 3.66. The Bertz CT molecular complexity index is 745. The number of rotatable bonds is 8. The minimum Gasteiger partial charge on any atom is -0.350 e. The van der Waals surface area contributed by atoms with Crippen molar-refractivity contribution in [3.8, 4) is 0 Å². The van der Waals surface area contributed by atoms with E-state index in [1.807, 2.05) is 5.38 Å². The lowest BCUT2D eigenvalue weighted by molar-refractivity contribution is -0.114. The second kappa shape index (κ2) is 9.45. The number of halogens is 1. The zero-order chi connectivity index (χ0) is 19.1. The van der Waals surface area contributed by atoms with Gasteiger partial charge in [-0.1, -0.05) is 13.8 Å². The van der Waals surface area contributed by atoms with E-state index in [0.29, 0.717) is 12.1 Å². The van der Waals surface area contributed by atoms with Crippen molar-refractivity contribution in [2.24, 2.45) is 0 Å². The summed E-state index contributed by atoms with van der Waals surface area (Å²) in [5.74, 6) is -1.26. The van der Waals surface area contributed by atoms with Crippen LogP contribution in [0.15, 0.2) is 35.0 Å². The molecular formula is C19H24FN3O2S. The lowest BCUT2D eigenvalue weighted by atomic mass is 10.1. The molecule has 0 radical (unpaired) electrons. The number of hydrogen-bond acceptors (Lipinski definition) is 4. The molecule has 26 heavy (non-hydrogen) atoms. The Morgan fingerprint density at radius 3 is 2.54 bits per heavy atom. The van der Waals surface area contributed by atoms with Gasteiger partial charge in [-0.3, -0.25) is 14.5 Å². The van der Waals surface area contributed by atoms with E-state index in [-0.39, 0.29) is 23.5 Å². The van der Waals surface area contributed by atoms with Crippen LogP contribution >= 0.6 is 11.3 Å². The molecule has 7 heteroatoms. The molecule has 0 aliphatic rings. The minimum atomic E-state index is -0.573. The molecule has 2 aromatic rings. The second-order valence-electron chi connectivity index (χ2n) is 5.88. The highest BCUT2D eigenvalue weighted by Gasteiger charge is 2.20. The summed E-state index contributed by atoms with van der Waals surface area (Å²) in [5.41, 5.74) is 1.47. The number of benzene rings is 1. The molecule has 1 unspecified atom stereocenters. The quantitative estimate of drug-likeness (QED) is 0.738. The van der Waals surface area contributed by atoms with Crippen LogP contribution in [0.2, 0.25) is 0 Å². The number of nitrogens with zero attached hydrogens (tertiary/aromatic N) is 1. The molecule has 2 rings (SSSR count). The zero-order valence-corrected chi connectivity index (χ0v) is 16.0. The monoisotopic (exact) mass is 377 g/mol. The third-order valence-corrected chi connectivity index (χ3v) is 4.88. The highest BCUT2D eigenvalue weighted by molar-refractivity contribution is 7.07. The number of amides is 2. The normalized spacial score (nSPS) is 12.0. The van der Waals surface area contributed by atoms with Crippen LogP contribution in [-0.4, -0.2) is 36.3 Å². The van der Waals surface area contributed by atoms with Crippen molar-refractivity contribution >= 4 is 28.8 Å². The molecule has 5 nitrogen and oxygen atoms in total. The first-order valence-electron chi connectivity index (χ1n) is 8.57. The molecule has 1 aromatic carbocycles. The van der Waals surface area contributed by atoms with Gasteiger partial charge < -0.3 is 10.6 Å². The number of nitrogens with one attached hydrogen (secondary N) is 2. The first-order chi connectivity index (χ1) is 12.5. The maximum Gasteiger partial charge on any atom is 0.251 e. The Hall–Kier alpha value is -2.25. The summed E-state index contributed by atoms with van der Waals surface area (Å²) < 4.78 is 13.7. The summed E-state index contributed by atoms with van der Waals surface area (Å²) in [6.07, 6.45) is 0. The third kappa shape index (κ3) is 5.12. The van der Waals surface area contributed by atoms with Gasteiger partial charge in [-0.25, -0.2) is 4.39 Å². The maximum atomic E-state index is 13.7. The summed E-state index contributed by atoms with van der Waals surface area (Å²) in [4.78, 5) is 25.9. The van der Waals surface area contributed by atoms with Gasteiger partial charge in [-0.15, -0.1) is 0 Å². The van der Waals surface area contributed by atoms with Gasteiger partial charge in [0.05, 0.1) is 11.7 Å². The van der Waals surface area contributed by atoms with E-state index < -0.39 is 5.82 Å². The zero-order valence-electron chi connectivity index (χ0n) is 15.2. The standard InChI is InChI=1S/C19H24FN3O2S/c1-4-23(5-2)18(15-8-9-26-12-15)11-21-19(25)14-6-7-16(20)17(10-14)22-13(3)24/h6-10,12,18H,4-5,11H2,1-3H3,(H,21,25)(H,22,24). The largest absolute Gasteiger partial charge is 0.350 e. The Morgan fingerprint density at radius 2 is 1.96 bits per heavy atom. The van der Waals surface area contributed by atoms with E-state index in [1.165, 1.54) is 25.1 Å². The number of anilines is 1. The summed E-state index contributed by atoms with van der Waals surface area (Å²) in [7, 11) is 0. The van der Waals surface area contributed by atoms with Crippen LogP contribution in [-0.2, 0) is 4.79 Å². The van der Waals surface area contributed by atoms with Crippen molar-refractivity contribution in [2.75, 3.05) is 25.0 Å². The Morgan fingerprint density at radius 1 is 1.23 bits per heavy atom. The molecule has 0 bridgehead atoms. The average molecular weight is 377 g/mol. The number of likely N-dealkylation sites (N-methyl/N-ethyl adjacent to an activating group) is 1. The molecule has 0 aliphatic carbocycles. The molecule has 0 spiro atoms. The van der Waals surface area contributed by atoms with Gasteiger partial charge in [-0.2, -0.15) is 11.3 Å². The Labute approximate surface area is 157 Å². The number of carbonyl (C=O) groups is 2. The first-order valence-corrected chi connectivity index (χ1v) is 9.52. The SMILES string of the molecule is CCN(CC)C(CNC(=O)c1ccc(F)c(NC(C)=O)c1)c1ccsc1. The molecule has 2 N–H and O–H groups in total. The number of carbonyl (C=O) groups excluding carboxylic acids is 2. The number of hydrogen-bond donors (Lipinski definition) is 2. The van der Waals surface area contributed by atoms with E-state index >= 15 is 0 Å². The lowest BCUT2D eigenvalue weighted by Gasteiger charge is -2.29. The van der Waals surface area contributed by atoms with Crippen molar-refractivity contribution in [3.05, 3.63) is 52.0 Å². The van der Waals surface area contributed by atoms with E-state index in [2.05, 4.69) is 40.8 Å². The molecule has 0 saturated carbocycles. The van der Waals surface area contributed by atoms with E-state index in [1.54, 1.807) is 11.3 Å². The average Bonchev–Trinajstić information content (AvgIpc) is 3.14. The van der Waals surface area contributed by atoms with Gasteiger partial charge in [0.25, 0.3) is 5.91 Å².